The van der Waals surface area contributed by atoms with Crippen molar-refractivity contribution in [1.82, 2.24) is 0 Å². The van der Waals surface area contributed by atoms with Crippen molar-refractivity contribution in [3.8, 4) is 0 Å². The molecule has 0 aliphatic carbocycles. The van der Waals surface area contributed by atoms with Gasteiger partial charge in [-0.25, -0.2) is 18.8 Å². The van der Waals surface area contributed by atoms with E-state index in [1.807, 2.05) is 12.1 Å². The molecule has 0 bridgehead atoms. The van der Waals surface area contributed by atoms with Gasteiger partial charge in [0.15, 0.2) is 0 Å². The largest absolute Gasteiger partial charge is 0.465 e. The lowest BCUT2D eigenvalue weighted by Crippen LogP contribution is -2.15. The minimum Gasteiger partial charge on any atom is -0.465 e. The highest BCUT2D eigenvalue weighted by Crippen LogP contribution is 2.24. The standard InChI is InChI=1S/C11H13FO2.C11H14O3.C8H7IO2.C4H8O/c1-11(2,12)9-6-4-8(5-7-9)10(13)14-3;1-11(2,13)9-6-4-8(5-7-9)10(12)14-3;1-11-8(10)6-2-4-7(9)5-3-6;1-2-4-5-3-1/h4-7H,1-3H3;4-7,13H,1-3H3;2-5H,1H3;1-4H2. The fourth-order valence-electron chi connectivity index (χ4n) is 3.47. The van der Waals surface area contributed by atoms with E-state index in [0.29, 0.717) is 22.3 Å². The fraction of sp³-hybridized carbons (Fsp3) is 0.382. The van der Waals surface area contributed by atoms with Crippen molar-refractivity contribution in [3.63, 3.8) is 0 Å². The SMILES string of the molecule is C1CCOC1.COC(=O)c1ccc(C(C)(C)F)cc1.COC(=O)c1ccc(C(C)(C)O)cc1.COC(=O)c1ccc(I)cc1. The molecule has 0 saturated carbocycles. The van der Waals surface area contributed by atoms with Gasteiger partial charge in [-0.05, 0) is 123 Å². The van der Waals surface area contributed by atoms with Crippen molar-refractivity contribution in [2.75, 3.05) is 34.5 Å². The molecule has 0 radical (unpaired) electrons. The van der Waals surface area contributed by atoms with Crippen molar-refractivity contribution < 1.29 is 42.8 Å². The van der Waals surface area contributed by atoms with Crippen LogP contribution in [0.15, 0.2) is 72.8 Å². The van der Waals surface area contributed by atoms with Crippen molar-refractivity contribution >= 4 is 40.5 Å². The van der Waals surface area contributed by atoms with Crippen LogP contribution in [0, 0.1) is 3.57 Å². The molecule has 0 atom stereocenters. The summed E-state index contributed by atoms with van der Waals surface area (Å²) in [5, 5.41) is 9.66. The Morgan fingerprint density at radius 2 is 0.977 bits per heavy atom. The Kier molecular flexibility index (Phi) is 16.8. The number of alkyl halides is 1. The van der Waals surface area contributed by atoms with Crippen LogP contribution >= 0.6 is 22.6 Å². The van der Waals surface area contributed by atoms with Gasteiger partial charge >= 0.3 is 17.9 Å². The van der Waals surface area contributed by atoms with Gasteiger partial charge in [-0.2, -0.15) is 0 Å². The van der Waals surface area contributed by atoms with Gasteiger partial charge in [-0.15, -0.1) is 0 Å². The van der Waals surface area contributed by atoms with Crippen LogP contribution in [0.2, 0.25) is 0 Å². The van der Waals surface area contributed by atoms with Crippen molar-refractivity contribution in [3.05, 3.63) is 104 Å². The molecule has 1 fully saturated rings. The lowest BCUT2D eigenvalue weighted by atomic mass is 9.97. The van der Waals surface area contributed by atoms with E-state index in [9.17, 15) is 23.9 Å². The number of hydrogen-bond donors (Lipinski definition) is 1. The second kappa shape index (κ2) is 19.1. The third kappa shape index (κ3) is 14.4. The Bertz CT molecular complexity index is 1210. The number of carbonyl (C=O) groups is 3. The lowest BCUT2D eigenvalue weighted by molar-refractivity contribution is 0.0591. The molecule has 1 aliphatic heterocycles. The van der Waals surface area contributed by atoms with Gasteiger partial charge < -0.3 is 24.1 Å². The predicted octanol–water partition coefficient (Wildman–Crippen LogP) is 7.25. The monoisotopic (exact) mass is 724 g/mol. The summed E-state index contributed by atoms with van der Waals surface area (Å²) < 4.78 is 33.1. The maximum Gasteiger partial charge on any atom is 0.337 e. The molecule has 1 N–H and O–H groups in total. The van der Waals surface area contributed by atoms with E-state index in [1.54, 1.807) is 74.5 Å². The van der Waals surface area contributed by atoms with E-state index in [0.717, 1.165) is 22.3 Å². The summed E-state index contributed by atoms with van der Waals surface area (Å²) in [5.41, 5.74) is 0.563. The Morgan fingerprint density at radius 3 is 1.23 bits per heavy atom. The highest BCUT2D eigenvalue weighted by Gasteiger charge is 2.19. The Morgan fingerprint density at radius 1 is 0.659 bits per heavy atom. The van der Waals surface area contributed by atoms with Crippen LogP contribution in [0.1, 0.15) is 82.7 Å². The van der Waals surface area contributed by atoms with Gasteiger partial charge in [0.05, 0.1) is 43.6 Å². The van der Waals surface area contributed by atoms with E-state index in [4.69, 9.17) is 4.74 Å². The zero-order valence-electron chi connectivity index (χ0n) is 26.3. The molecule has 44 heavy (non-hydrogen) atoms. The quantitative estimate of drug-likeness (QED) is 0.167. The summed E-state index contributed by atoms with van der Waals surface area (Å²) in [7, 11) is 4.03. The van der Waals surface area contributed by atoms with Gasteiger partial charge in [0, 0.05) is 16.8 Å². The van der Waals surface area contributed by atoms with Crippen LogP contribution in [-0.2, 0) is 30.2 Å². The van der Waals surface area contributed by atoms with Gasteiger partial charge in [0.2, 0.25) is 0 Å². The van der Waals surface area contributed by atoms with Crippen molar-refractivity contribution in [1.29, 1.82) is 0 Å². The highest BCUT2D eigenvalue weighted by molar-refractivity contribution is 14.1. The van der Waals surface area contributed by atoms with Crippen LogP contribution in [0.5, 0.6) is 0 Å². The first-order chi connectivity index (χ1) is 20.6. The lowest BCUT2D eigenvalue weighted by Gasteiger charge is -2.17. The number of halogens is 2. The number of aliphatic hydroxyl groups is 1. The maximum absolute atomic E-state index is 13.4. The van der Waals surface area contributed by atoms with Crippen LogP contribution in [0.4, 0.5) is 4.39 Å². The normalized spacial score (nSPS) is 12.1. The number of ether oxygens (including phenoxy) is 4. The molecule has 1 saturated heterocycles. The third-order valence-corrected chi connectivity index (χ3v) is 6.82. The molecule has 1 heterocycles. The van der Waals surface area contributed by atoms with Gasteiger partial charge in [0.25, 0.3) is 0 Å². The molecule has 8 nitrogen and oxygen atoms in total. The summed E-state index contributed by atoms with van der Waals surface area (Å²) in [6.45, 7) is 8.33. The van der Waals surface area contributed by atoms with E-state index < -0.39 is 17.2 Å². The minimum absolute atomic E-state index is 0.290. The molecule has 3 aromatic carbocycles. The molecule has 240 valence electrons. The van der Waals surface area contributed by atoms with Crippen LogP contribution in [0.25, 0.3) is 0 Å². The molecule has 0 spiro atoms. The second-order valence-corrected chi connectivity index (χ2v) is 11.7. The highest BCUT2D eigenvalue weighted by atomic mass is 127. The predicted molar refractivity (Wildman–Crippen MR) is 175 cm³/mol. The summed E-state index contributed by atoms with van der Waals surface area (Å²) >= 11 is 2.18. The van der Waals surface area contributed by atoms with E-state index in [2.05, 4.69) is 36.8 Å². The van der Waals surface area contributed by atoms with E-state index in [1.165, 1.54) is 48.0 Å². The molecule has 4 rings (SSSR count). The van der Waals surface area contributed by atoms with E-state index >= 15 is 0 Å². The number of methoxy groups -OCH3 is 3. The first-order valence-electron chi connectivity index (χ1n) is 13.8. The summed E-state index contributed by atoms with van der Waals surface area (Å²) in [6.07, 6.45) is 2.56. The fourth-order valence-corrected chi connectivity index (χ4v) is 3.83. The molecular formula is C34H42FIO8. The molecule has 0 unspecified atom stereocenters. The van der Waals surface area contributed by atoms with E-state index in [-0.39, 0.29) is 11.9 Å². The minimum atomic E-state index is -1.38. The first-order valence-corrected chi connectivity index (χ1v) is 14.9. The molecular weight excluding hydrogens is 682 g/mol. The maximum atomic E-state index is 13.4. The molecule has 0 aromatic heterocycles. The van der Waals surface area contributed by atoms with Crippen LogP contribution in [0.3, 0.4) is 0 Å². The third-order valence-electron chi connectivity index (χ3n) is 6.10. The average molecular weight is 725 g/mol. The second-order valence-electron chi connectivity index (χ2n) is 10.5. The number of hydrogen-bond acceptors (Lipinski definition) is 8. The zero-order chi connectivity index (χ0) is 33.3. The van der Waals surface area contributed by atoms with Gasteiger partial charge in [-0.1, -0.05) is 24.3 Å². The smallest absolute Gasteiger partial charge is 0.337 e. The number of rotatable bonds is 5. The van der Waals surface area contributed by atoms with Crippen molar-refractivity contribution in [2.24, 2.45) is 0 Å². The average Bonchev–Trinajstić information content (AvgIpc) is 3.61. The molecule has 10 heteroatoms. The zero-order valence-corrected chi connectivity index (χ0v) is 28.5. The number of carbonyl (C=O) groups excluding carboxylic acids is 3. The Labute approximate surface area is 273 Å². The summed E-state index contributed by atoms with van der Waals surface area (Å²) in [5.74, 6) is -1.07. The van der Waals surface area contributed by atoms with Crippen molar-refractivity contribution in [2.45, 2.75) is 51.8 Å². The molecule has 0 amide bonds. The Balaban J connectivity index is 0.000000307. The Hall–Kier alpha value is -3.35. The van der Waals surface area contributed by atoms with Gasteiger partial charge in [0.1, 0.15) is 5.67 Å². The van der Waals surface area contributed by atoms with Crippen LogP contribution in [-0.4, -0.2) is 57.6 Å². The topological polar surface area (TPSA) is 108 Å². The number of benzene rings is 3. The molecule has 1 aliphatic rings. The molecule has 3 aromatic rings. The first kappa shape index (κ1) is 38.7. The van der Waals surface area contributed by atoms with Gasteiger partial charge in [-0.3, -0.25) is 0 Å². The summed E-state index contributed by atoms with van der Waals surface area (Å²) in [6, 6.07) is 20.2. The summed E-state index contributed by atoms with van der Waals surface area (Å²) in [4.78, 5) is 33.0. The number of esters is 3. The van der Waals surface area contributed by atoms with Crippen LogP contribution < -0.4 is 0 Å².